The molecule has 31 heavy (non-hydrogen) atoms. The van der Waals surface area contributed by atoms with Crippen molar-refractivity contribution in [1.29, 1.82) is 0 Å². The fourth-order valence-electron chi connectivity index (χ4n) is 3.75. The molecule has 0 unspecified atom stereocenters. The Bertz CT molecular complexity index is 907. The second-order valence-corrected chi connectivity index (χ2v) is 7.50. The van der Waals surface area contributed by atoms with Gasteiger partial charge >= 0.3 is 6.03 Å². The van der Waals surface area contributed by atoms with Gasteiger partial charge in [0.05, 0.1) is 0 Å². The molecule has 4 amide bonds. The number of carbonyl (C=O) groups is 3. The number of carbonyl (C=O) groups excluding carboxylic acids is 3. The molecule has 2 N–H and O–H groups in total. The van der Waals surface area contributed by atoms with Crippen molar-refractivity contribution in [3.63, 3.8) is 0 Å². The molecular formula is C24H30N4O3. The number of para-hydroxylation sites is 2. The fraction of sp³-hybridized carbons (Fsp3) is 0.375. The Kier molecular flexibility index (Phi) is 7.65. The molecule has 2 aromatic carbocycles. The van der Waals surface area contributed by atoms with Gasteiger partial charge in [0, 0.05) is 37.3 Å². The molecule has 1 heterocycles. The van der Waals surface area contributed by atoms with Crippen LogP contribution in [0.25, 0.3) is 0 Å². The van der Waals surface area contributed by atoms with Gasteiger partial charge in [0.15, 0.2) is 0 Å². The van der Waals surface area contributed by atoms with Crippen LogP contribution in [-0.4, -0.2) is 41.0 Å². The number of nitrogens with zero attached hydrogens (tertiary/aromatic N) is 2. The van der Waals surface area contributed by atoms with E-state index < -0.39 is 0 Å². The van der Waals surface area contributed by atoms with E-state index in [4.69, 9.17) is 0 Å². The Labute approximate surface area is 183 Å². The van der Waals surface area contributed by atoms with E-state index >= 15 is 0 Å². The largest absolute Gasteiger partial charge is 0.340 e. The van der Waals surface area contributed by atoms with Gasteiger partial charge in [-0.2, -0.15) is 0 Å². The van der Waals surface area contributed by atoms with Crippen molar-refractivity contribution in [3.05, 3.63) is 59.7 Å². The number of rotatable bonds is 7. The summed E-state index contributed by atoms with van der Waals surface area (Å²) >= 11 is 0. The van der Waals surface area contributed by atoms with E-state index in [1.54, 1.807) is 12.1 Å². The first-order chi connectivity index (χ1) is 15.0. The fourth-order valence-corrected chi connectivity index (χ4v) is 3.75. The minimum atomic E-state index is -0.310. The lowest BCUT2D eigenvalue weighted by Gasteiger charge is -2.28. The molecule has 0 bridgehead atoms. The van der Waals surface area contributed by atoms with E-state index in [-0.39, 0.29) is 30.7 Å². The van der Waals surface area contributed by atoms with Crippen LogP contribution in [-0.2, 0) is 22.4 Å². The molecule has 1 fully saturated rings. The van der Waals surface area contributed by atoms with Gasteiger partial charge in [-0.1, -0.05) is 50.2 Å². The maximum Gasteiger partial charge on any atom is 0.340 e. The molecule has 1 saturated heterocycles. The highest BCUT2D eigenvalue weighted by atomic mass is 16.2. The maximum atomic E-state index is 13.0. The molecule has 3 rings (SSSR count). The van der Waals surface area contributed by atoms with E-state index in [1.165, 1.54) is 10.0 Å². The first kappa shape index (κ1) is 22.3. The zero-order chi connectivity index (χ0) is 22.2. The summed E-state index contributed by atoms with van der Waals surface area (Å²) in [5, 5.41) is 8.72. The molecule has 0 atom stereocenters. The van der Waals surface area contributed by atoms with Gasteiger partial charge in [-0.15, -0.1) is 0 Å². The van der Waals surface area contributed by atoms with Gasteiger partial charge in [0.25, 0.3) is 0 Å². The molecule has 7 heteroatoms. The Balaban J connectivity index is 1.59. The average Bonchev–Trinajstić information content (AvgIpc) is 3.28. The molecular weight excluding hydrogens is 392 g/mol. The lowest BCUT2D eigenvalue weighted by molar-refractivity contribution is -0.140. The summed E-state index contributed by atoms with van der Waals surface area (Å²) in [6, 6.07) is 14.8. The summed E-state index contributed by atoms with van der Waals surface area (Å²) < 4.78 is 0. The average molecular weight is 423 g/mol. The molecule has 164 valence electrons. The van der Waals surface area contributed by atoms with E-state index in [0.29, 0.717) is 25.2 Å². The van der Waals surface area contributed by atoms with Crippen molar-refractivity contribution in [3.8, 4) is 0 Å². The third-order valence-corrected chi connectivity index (χ3v) is 5.41. The van der Waals surface area contributed by atoms with Crippen molar-refractivity contribution < 1.29 is 14.4 Å². The topological polar surface area (TPSA) is 81.8 Å². The Morgan fingerprint density at radius 3 is 2.10 bits per heavy atom. The summed E-state index contributed by atoms with van der Waals surface area (Å²) in [5.74, 6) is -0.449. The highest BCUT2D eigenvalue weighted by Crippen LogP contribution is 2.24. The van der Waals surface area contributed by atoms with Crippen LogP contribution < -0.4 is 10.6 Å². The number of hydrazine groups is 1. The second-order valence-electron chi connectivity index (χ2n) is 7.50. The van der Waals surface area contributed by atoms with Crippen LogP contribution in [0, 0.1) is 0 Å². The molecule has 7 nitrogen and oxygen atoms in total. The van der Waals surface area contributed by atoms with Crippen LogP contribution in [0.5, 0.6) is 0 Å². The molecule has 1 aliphatic rings. The van der Waals surface area contributed by atoms with E-state index in [1.807, 2.05) is 36.4 Å². The zero-order valence-corrected chi connectivity index (χ0v) is 18.2. The predicted octanol–water partition coefficient (Wildman–Crippen LogP) is 4.21. The molecule has 0 aromatic heterocycles. The number of hydrogen-bond donors (Lipinski definition) is 2. The maximum absolute atomic E-state index is 13.0. The van der Waals surface area contributed by atoms with E-state index in [0.717, 1.165) is 29.7 Å². The first-order valence-electron chi connectivity index (χ1n) is 10.9. The monoisotopic (exact) mass is 422 g/mol. The Hall–Kier alpha value is -3.35. The SMILES string of the molecule is CCc1cccc(CC)c1NC(=O)N1CCCN1C(=O)CCC(=O)Nc1ccccc1. The quantitative estimate of drug-likeness (QED) is 0.701. The summed E-state index contributed by atoms with van der Waals surface area (Å²) in [5.41, 5.74) is 3.67. The molecule has 1 aliphatic heterocycles. The van der Waals surface area contributed by atoms with Crippen LogP contribution in [0.15, 0.2) is 48.5 Å². The molecule has 0 saturated carbocycles. The number of aryl methyl sites for hydroxylation is 2. The second kappa shape index (κ2) is 10.6. The van der Waals surface area contributed by atoms with Crippen LogP contribution in [0.1, 0.15) is 44.2 Å². The summed E-state index contributed by atoms with van der Waals surface area (Å²) in [6.07, 6.45) is 2.45. The number of hydrogen-bond acceptors (Lipinski definition) is 3. The van der Waals surface area contributed by atoms with Gasteiger partial charge < -0.3 is 10.6 Å². The number of benzene rings is 2. The van der Waals surface area contributed by atoms with Gasteiger partial charge in [0.1, 0.15) is 0 Å². The minimum absolute atomic E-state index is 0.0498. The van der Waals surface area contributed by atoms with Gasteiger partial charge in [-0.25, -0.2) is 9.80 Å². The van der Waals surface area contributed by atoms with Crippen LogP contribution in [0.3, 0.4) is 0 Å². The molecule has 2 aromatic rings. The van der Waals surface area contributed by atoms with Crippen LogP contribution in [0.4, 0.5) is 16.2 Å². The standard InChI is InChI=1S/C24H30N4O3/c1-3-18-10-8-11-19(4-2)23(18)26-24(31)28-17-9-16-27(28)22(30)15-14-21(29)25-20-12-6-5-7-13-20/h5-8,10-13H,3-4,9,14-17H2,1-2H3,(H,25,29)(H,26,31). The van der Waals surface area contributed by atoms with Gasteiger partial charge in [-0.3, -0.25) is 14.6 Å². The first-order valence-corrected chi connectivity index (χ1v) is 10.9. The van der Waals surface area contributed by atoms with E-state index in [2.05, 4.69) is 24.5 Å². The number of urea groups is 1. The molecule has 0 aliphatic carbocycles. The van der Waals surface area contributed by atoms with Crippen molar-refractivity contribution in [2.24, 2.45) is 0 Å². The smallest absolute Gasteiger partial charge is 0.326 e. The number of nitrogens with one attached hydrogen (secondary N) is 2. The lowest BCUT2D eigenvalue weighted by Crippen LogP contribution is -2.47. The van der Waals surface area contributed by atoms with E-state index in [9.17, 15) is 14.4 Å². The normalized spacial score (nSPS) is 13.2. The van der Waals surface area contributed by atoms with Crippen LogP contribution in [0.2, 0.25) is 0 Å². The Morgan fingerprint density at radius 1 is 0.806 bits per heavy atom. The minimum Gasteiger partial charge on any atom is -0.326 e. The highest BCUT2D eigenvalue weighted by molar-refractivity contribution is 5.95. The van der Waals surface area contributed by atoms with Gasteiger partial charge in [-0.05, 0) is 42.5 Å². The van der Waals surface area contributed by atoms with Crippen molar-refractivity contribution in [2.75, 3.05) is 23.7 Å². The molecule has 0 spiro atoms. The summed E-state index contributed by atoms with van der Waals surface area (Å²) in [4.78, 5) is 37.9. The summed E-state index contributed by atoms with van der Waals surface area (Å²) in [7, 11) is 0. The molecule has 0 radical (unpaired) electrons. The number of amides is 4. The third kappa shape index (κ3) is 5.63. The highest BCUT2D eigenvalue weighted by Gasteiger charge is 2.31. The Morgan fingerprint density at radius 2 is 1.45 bits per heavy atom. The summed E-state index contributed by atoms with van der Waals surface area (Å²) in [6.45, 7) is 5.05. The van der Waals surface area contributed by atoms with Crippen molar-refractivity contribution >= 4 is 29.2 Å². The van der Waals surface area contributed by atoms with Crippen molar-refractivity contribution in [1.82, 2.24) is 10.0 Å². The predicted molar refractivity (Wildman–Crippen MR) is 122 cm³/mol. The van der Waals surface area contributed by atoms with Gasteiger partial charge in [0.2, 0.25) is 11.8 Å². The zero-order valence-electron chi connectivity index (χ0n) is 18.2. The number of anilines is 2. The third-order valence-electron chi connectivity index (χ3n) is 5.41. The lowest BCUT2D eigenvalue weighted by atomic mass is 10.0. The van der Waals surface area contributed by atoms with Crippen LogP contribution >= 0.6 is 0 Å². The van der Waals surface area contributed by atoms with Crippen molar-refractivity contribution in [2.45, 2.75) is 46.0 Å².